The Kier molecular flexibility index (Phi) is 4.38. The Hall–Kier alpha value is -2.62. The van der Waals surface area contributed by atoms with Crippen LogP contribution in [0.4, 0.5) is 5.69 Å². The molecule has 0 bridgehead atoms. The molecule has 0 aliphatic rings. The van der Waals surface area contributed by atoms with Crippen LogP contribution in [0.25, 0.3) is 0 Å². The quantitative estimate of drug-likeness (QED) is 0.905. The number of amides is 1. The predicted octanol–water partition coefficient (Wildman–Crippen LogP) is 3.18. The predicted molar refractivity (Wildman–Crippen MR) is 81.7 cm³/mol. The molecule has 2 N–H and O–H groups in total. The van der Waals surface area contributed by atoms with E-state index in [0.717, 1.165) is 11.1 Å². The number of carboxylic acids is 1. The maximum absolute atomic E-state index is 12.0. The van der Waals surface area contributed by atoms with Crippen LogP contribution < -0.4 is 5.32 Å². The summed E-state index contributed by atoms with van der Waals surface area (Å²) >= 11 is 0. The van der Waals surface area contributed by atoms with Crippen molar-refractivity contribution in [3.8, 4) is 0 Å². The summed E-state index contributed by atoms with van der Waals surface area (Å²) in [7, 11) is 0. The fourth-order valence-corrected chi connectivity index (χ4v) is 2.17. The zero-order valence-electron chi connectivity index (χ0n) is 12.0. The van der Waals surface area contributed by atoms with Crippen LogP contribution >= 0.6 is 0 Å². The molecular weight excluding hydrogens is 266 g/mol. The van der Waals surface area contributed by atoms with E-state index in [-0.39, 0.29) is 11.5 Å². The minimum Gasteiger partial charge on any atom is -0.478 e. The average molecular weight is 283 g/mol. The minimum absolute atomic E-state index is 0.119. The first-order chi connectivity index (χ1) is 9.97. The Morgan fingerprint density at radius 1 is 1.05 bits per heavy atom. The molecule has 0 spiro atoms. The summed E-state index contributed by atoms with van der Waals surface area (Å²) in [5, 5.41) is 11.8. The Balaban J connectivity index is 2.08. The summed E-state index contributed by atoms with van der Waals surface area (Å²) in [4.78, 5) is 23.0. The van der Waals surface area contributed by atoms with E-state index < -0.39 is 5.97 Å². The molecule has 0 heterocycles. The standard InChI is InChI=1S/C17H17NO3/c1-11-5-3-4-6-13(11)10-16(19)18-14-7-8-15(17(20)21)12(2)9-14/h3-9H,10H2,1-2H3,(H,18,19)(H,20,21). The van der Waals surface area contributed by atoms with Crippen LogP contribution in [0.2, 0.25) is 0 Å². The fourth-order valence-electron chi connectivity index (χ4n) is 2.17. The number of aromatic carboxylic acids is 1. The Bertz CT molecular complexity index is 692. The molecule has 0 aliphatic heterocycles. The number of rotatable bonds is 4. The molecule has 108 valence electrons. The monoisotopic (exact) mass is 283 g/mol. The Morgan fingerprint density at radius 3 is 2.38 bits per heavy atom. The van der Waals surface area contributed by atoms with Crippen molar-refractivity contribution in [2.45, 2.75) is 20.3 Å². The van der Waals surface area contributed by atoms with E-state index in [9.17, 15) is 9.59 Å². The van der Waals surface area contributed by atoms with E-state index in [2.05, 4.69) is 5.32 Å². The lowest BCUT2D eigenvalue weighted by atomic mass is 10.1. The van der Waals surface area contributed by atoms with E-state index in [4.69, 9.17) is 5.11 Å². The highest BCUT2D eigenvalue weighted by molar-refractivity contribution is 5.94. The molecule has 0 fully saturated rings. The molecule has 0 atom stereocenters. The first-order valence-electron chi connectivity index (χ1n) is 6.65. The second kappa shape index (κ2) is 6.22. The largest absolute Gasteiger partial charge is 0.478 e. The molecule has 2 aromatic rings. The third-order valence-corrected chi connectivity index (χ3v) is 3.35. The summed E-state index contributed by atoms with van der Waals surface area (Å²) in [6.45, 7) is 3.68. The molecule has 4 nitrogen and oxygen atoms in total. The highest BCUT2D eigenvalue weighted by Gasteiger charge is 2.10. The first kappa shape index (κ1) is 14.8. The van der Waals surface area contributed by atoms with Crippen LogP contribution in [0.5, 0.6) is 0 Å². The number of hydrogen-bond acceptors (Lipinski definition) is 2. The highest BCUT2D eigenvalue weighted by atomic mass is 16.4. The number of nitrogens with one attached hydrogen (secondary N) is 1. The van der Waals surface area contributed by atoms with Gasteiger partial charge < -0.3 is 10.4 Å². The van der Waals surface area contributed by atoms with E-state index >= 15 is 0 Å². The normalized spacial score (nSPS) is 10.2. The van der Waals surface area contributed by atoms with Crippen LogP contribution in [0, 0.1) is 13.8 Å². The fraction of sp³-hybridized carbons (Fsp3) is 0.176. The third-order valence-electron chi connectivity index (χ3n) is 3.35. The average Bonchev–Trinajstić information content (AvgIpc) is 2.41. The van der Waals surface area contributed by atoms with Crippen molar-refractivity contribution >= 4 is 17.6 Å². The van der Waals surface area contributed by atoms with Crippen LogP contribution in [0.15, 0.2) is 42.5 Å². The van der Waals surface area contributed by atoms with Crippen molar-refractivity contribution in [2.24, 2.45) is 0 Å². The molecular formula is C17H17NO3. The zero-order valence-corrected chi connectivity index (χ0v) is 12.0. The summed E-state index contributed by atoms with van der Waals surface area (Å²) in [5.41, 5.74) is 3.53. The van der Waals surface area contributed by atoms with Crippen molar-refractivity contribution in [3.63, 3.8) is 0 Å². The molecule has 0 saturated carbocycles. The number of aryl methyl sites for hydroxylation is 2. The van der Waals surface area contributed by atoms with Crippen LogP contribution in [0.1, 0.15) is 27.0 Å². The molecule has 4 heteroatoms. The van der Waals surface area contributed by atoms with Crippen molar-refractivity contribution in [1.29, 1.82) is 0 Å². The van der Waals surface area contributed by atoms with Gasteiger partial charge in [0.05, 0.1) is 12.0 Å². The van der Waals surface area contributed by atoms with Crippen molar-refractivity contribution in [3.05, 3.63) is 64.7 Å². The molecule has 0 radical (unpaired) electrons. The van der Waals surface area contributed by atoms with E-state index in [1.165, 1.54) is 6.07 Å². The number of benzene rings is 2. The van der Waals surface area contributed by atoms with E-state index in [1.807, 2.05) is 31.2 Å². The summed E-state index contributed by atoms with van der Waals surface area (Å²) in [5.74, 6) is -1.09. The smallest absolute Gasteiger partial charge is 0.335 e. The molecule has 0 unspecified atom stereocenters. The summed E-state index contributed by atoms with van der Waals surface area (Å²) < 4.78 is 0. The van der Waals surface area contributed by atoms with Crippen LogP contribution in [-0.2, 0) is 11.2 Å². The molecule has 0 aromatic heterocycles. The molecule has 0 aliphatic carbocycles. The minimum atomic E-state index is -0.967. The number of anilines is 1. The Labute approximate surface area is 123 Å². The number of carbonyl (C=O) groups excluding carboxylic acids is 1. The second-order valence-electron chi connectivity index (χ2n) is 4.99. The van der Waals surface area contributed by atoms with Crippen LogP contribution in [-0.4, -0.2) is 17.0 Å². The van der Waals surface area contributed by atoms with E-state index in [1.54, 1.807) is 19.1 Å². The highest BCUT2D eigenvalue weighted by Crippen LogP contribution is 2.16. The van der Waals surface area contributed by atoms with Gasteiger partial charge in [-0.15, -0.1) is 0 Å². The SMILES string of the molecule is Cc1ccccc1CC(=O)Nc1ccc(C(=O)O)c(C)c1. The maximum Gasteiger partial charge on any atom is 0.335 e. The van der Waals surface area contributed by atoms with Gasteiger partial charge in [0.2, 0.25) is 5.91 Å². The summed E-state index contributed by atoms with van der Waals surface area (Å²) in [6.07, 6.45) is 0.298. The van der Waals surface area contributed by atoms with Crippen molar-refractivity contribution in [2.75, 3.05) is 5.32 Å². The van der Waals surface area contributed by atoms with Crippen LogP contribution in [0.3, 0.4) is 0 Å². The van der Waals surface area contributed by atoms with Crippen molar-refractivity contribution < 1.29 is 14.7 Å². The van der Waals surface area contributed by atoms with Gasteiger partial charge in [0.25, 0.3) is 0 Å². The van der Waals surface area contributed by atoms with Gasteiger partial charge in [-0.3, -0.25) is 4.79 Å². The number of carbonyl (C=O) groups is 2. The molecule has 2 aromatic carbocycles. The second-order valence-corrected chi connectivity index (χ2v) is 4.99. The van der Waals surface area contributed by atoms with Gasteiger partial charge in [-0.05, 0) is 48.7 Å². The molecule has 21 heavy (non-hydrogen) atoms. The van der Waals surface area contributed by atoms with Gasteiger partial charge in [-0.1, -0.05) is 24.3 Å². The van der Waals surface area contributed by atoms with Gasteiger partial charge in [0, 0.05) is 5.69 Å². The molecule has 0 saturated heterocycles. The van der Waals surface area contributed by atoms with Gasteiger partial charge >= 0.3 is 5.97 Å². The van der Waals surface area contributed by atoms with Gasteiger partial charge in [0.1, 0.15) is 0 Å². The maximum atomic E-state index is 12.0. The lowest BCUT2D eigenvalue weighted by molar-refractivity contribution is -0.115. The first-order valence-corrected chi connectivity index (χ1v) is 6.65. The zero-order chi connectivity index (χ0) is 15.4. The molecule has 2 rings (SSSR count). The topological polar surface area (TPSA) is 66.4 Å². The molecule has 1 amide bonds. The lowest BCUT2D eigenvalue weighted by Crippen LogP contribution is -2.15. The van der Waals surface area contributed by atoms with Crippen molar-refractivity contribution in [1.82, 2.24) is 0 Å². The van der Waals surface area contributed by atoms with Gasteiger partial charge in [0.15, 0.2) is 0 Å². The van der Waals surface area contributed by atoms with Gasteiger partial charge in [-0.25, -0.2) is 4.79 Å². The number of hydrogen-bond donors (Lipinski definition) is 2. The number of carboxylic acid groups (broad SMARTS) is 1. The van der Waals surface area contributed by atoms with E-state index in [0.29, 0.717) is 17.7 Å². The Morgan fingerprint density at radius 2 is 1.76 bits per heavy atom. The lowest BCUT2D eigenvalue weighted by Gasteiger charge is -2.09. The third kappa shape index (κ3) is 3.69. The van der Waals surface area contributed by atoms with Gasteiger partial charge in [-0.2, -0.15) is 0 Å². The summed E-state index contributed by atoms with van der Waals surface area (Å²) in [6, 6.07) is 12.5.